The molecule has 3 atom stereocenters. The van der Waals surface area contributed by atoms with Gasteiger partial charge in [0.1, 0.15) is 12.3 Å². The summed E-state index contributed by atoms with van der Waals surface area (Å²) in [7, 11) is 0. The number of Topliss-reactive ketones (excluding diaryl/α,β-unsaturated/α-hetero) is 1. The molecule has 1 unspecified atom stereocenters. The molecule has 1 saturated heterocycles. The van der Waals surface area contributed by atoms with Crippen LogP contribution in [-0.4, -0.2) is 64.0 Å². The first-order chi connectivity index (χ1) is 19.4. The monoisotopic (exact) mass is 603 g/mol. The Balaban J connectivity index is 1.93. The van der Waals surface area contributed by atoms with Gasteiger partial charge in [-0.15, -0.1) is 0 Å². The lowest BCUT2D eigenvalue weighted by Gasteiger charge is -2.29. The Kier molecular flexibility index (Phi) is 12.7. The average Bonchev–Trinajstić information content (AvgIpc) is 3.23. The molecule has 2 N–H and O–H groups in total. The maximum atomic E-state index is 12.7. The number of hydrogen-bond acceptors (Lipinski definition) is 7. The fourth-order valence-electron chi connectivity index (χ4n) is 4.28. The second kappa shape index (κ2) is 15.1. The summed E-state index contributed by atoms with van der Waals surface area (Å²) in [6.45, 7) is 12.1. The quantitative estimate of drug-likeness (QED) is 0.238. The summed E-state index contributed by atoms with van der Waals surface area (Å²) in [4.78, 5) is 50.4. The zero-order valence-electron chi connectivity index (χ0n) is 25.3. The summed E-state index contributed by atoms with van der Waals surface area (Å²) < 4.78 is 56.1. The van der Waals surface area contributed by atoms with Crippen LogP contribution in [0, 0.1) is 0 Å². The van der Waals surface area contributed by atoms with Crippen LogP contribution in [-0.2, 0) is 23.8 Å². The molecule has 0 aliphatic carbocycles. The normalized spacial score (nSPS) is 19.9. The molecular weight excluding hydrogens is 559 g/mol. The predicted molar refractivity (Wildman–Crippen MR) is 151 cm³/mol. The molecule has 1 aliphatic heterocycles. The summed E-state index contributed by atoms with van der Waals surface area (Å²) >= 11 is 0. The predicted octanol–water partition coefficient (Wildman–Crippen LogP) is 4.42. The lowest BCUT2D eigenvalue weighted by atomic mass is 10.1. The molecule has 1 aliphatic rings. The van der Waals surface area contributed by atoms with Gasteiger partial charge in [0.05, 0.1) is 29.5 Å². The topological polar surface area (TPSA) is 129 Å². The van der Waals surface area contributed by atoms with E-state index in [0.29, 0.717) is 38.6 Å². The van der Waals surface area contributed by atoms with Crippen molar-refractivity contribution in [3.8, 4) is 0 Å². The fourth-order valence-corrected chi connectivity index (χ4v) is 4.28. The third kappa shape index (κ3) is 12.6. The van der Waals surface area contributed by atoms with E-state index in [-0.39, 0.29) is 24.7 Å². The van der Waals surface area contributed by atoms with Gasteiger partial charge in [0, 0.05) is 31.7 Å². The number of unbranched alkanes of at least 4 members (excludes halogenated alkanes) is 4. The van der Waals surface area contributed by atoms with Crippen LogP contribution in [0.15, 0.2) is 21.9 Å². The smallest absolute Gasteiger partial charge is 0.373 e. The number of H-pyrrole nitrogens is 1. The number of hydrogen-bond donors (Lipinski definition) is 2. The molecule has 1 aromatic heterocycles. The first-order valence-corrected chi connectivity index (χ1v) is 14.2. The van der Waals surface area contributed by atoms with Crippen molar-refractivity contribution in [2.24, 2.45) is 0 Å². The second-order valence-corrected chi connectivity index (χ2v) is 12.4. The first kappa shape index (κ1) is 35.4. The van der Waals surface area contributed by atoms with Gasteiger partial charge < -0.3 is 19.5 Å². The highest BCUT2D eigenvalue weighted by atomic mass is 19.4. The molecule has 0 bridgehead atoms. The Morgan fingerprint density at radius 1 is 1.05 bits per heavy atom. The van der Waals surface area contributed by atoms with E-state index in [1.165, 1.54) is 22.9 Å². The summed E-state index contributed by atoms with van der Waals surface area (Å²) in [5, 5.41) is 2.68. The number of amides is 1. The van der Waals surface area contributed by atoms with E-state index < -0.39 is 59.1 Å². The molecule has 13 heteroatoms. The van der Waals surface area contributed by atoms with Gasteiger partial charge in [-0.05, 0) is 60.5 Å². The third-order valence-corrected chi connectivity index (χ3v) is 6.28. The Hall–Kier alpha value is -2.77. The molecule has 2 rings (SSSR count). The lowest BCUT2D eigenvalue weighted by molar-refractivity contribution is -0.171. The maximum absolute atomic E-state index is 12.7. The molecule has 1 aromatic rings. The highest BCUT2D eigenvalue weighted by Gasteiger charge is 2.40. The molecule has 0 aromatic carbocycles. The number of nitrogens with zero attached hydrogens (tertiary/aromatic N) is 1. The zero-order chi connectivity index (χ0) is 31.7. The number of carbonyl (C=O) groups excluding carboxylic acids is 2. The van der Waals surface area contributed by atoms with Gasteiger partial charge in [0.2, 0.25) is 11.7 Å². The van der Waals surface area contributed by atoms with Crippen molar-refractivity contribution in [1.82, 2.24) is 14.9 Å². The van der Waals surface area contributed by atoms with Gasteiger partial charge in [-0.25, -0.2) is 4.79 Å². The zero-order valence-corrected chi connectivity index (χ0v) is 25.3. The minimum atomic E-state index is -4.78. The molecule has 238 valence electrons. The minimum absolute atomic E-state index is 0.0874. The van der Waals surface area contributed by atoms with Crippen molar-refractivity contribution in [3.63, 3.8) is 0 Å². The molecule has 1 fully saturated rings. The SMILES string of the molecule is CC(C)(C)OC[C@H]1O[C@@H](n2cc(/C=C/C(=O)NCCCCCCCC(=O)C(F)(F)F)c(=O)[nH]c2=O)CC1OC(C)(C)C. The summed E-state index contributed by atoms with van der Waals surface area (Å²) in [6.07, 6.45) is -0.0359. The van der Waals surface area contributed by atoms with E-state index in [2.05, 4.69) is 10.3 Å². The third-order valence-electron chi connectivity index (χ3n) is 6.28. The maximum Gasteiger partial charge on any atom is 0.449 e. The number of halogens is 3. The van der Waals surface area contributed by atoms with E-state index in [9.17, 15) is 32.3 Å². The number of rotatable bonds is 14. The van der Waals surface area contributed by atoms with Crippen LogP contribution in [0.3, 0.4) is 0 Å². The molecule has 0 saturated carbocycles. The first-order valence-electron chi connectivity index (χ1n) is 14.2. The van der Waals surface area contributed by atoms with Gasteiger partial charge in [0.15, 0.2) is 0 Å². The van der Waals surface area contributed by atoms with Gasteiger partial charge in [-0.2, -0.15) is 13.2 Å². The van der Waals surface area contributed by atoms with Crippen LogP contribution in [0.5, 0.6) is 0 Å². The largest absolute Gasteiger partial charge is 0.449 e. The Morgan fingerprint density at radius 2 is 1.69 bits per heavy atom. The number of ketones is 1. The molecule has 42 heavy (non-hydrogen) atoms. The van der Waals surface area contributed by atoms with Gasteiger partial charge in [-0.1, -0.05) is 19.3 Å². The van der Waals surface area contributed by atoms with Crippen molar-refractivity contribution in [3.05, 3.63) is 38.7 Å². The summed E-state index contributed by atoms with van der Waals surface area (Å²) in [5.41, 5.74) is -2.08. The molecule has 0 radical (unpaired) electrons. The van der Waals surface area contributed by atoms with Crippen LogP contribution < -0.4 is 16.6 Å². The lowest BCUT2D eigenvalue weighted by Crippen LogP contribution is -2.37. The Morgan fingerprint density at radius 3 is 2.31 bits per heavy atom. The summed E-state index contributed by atoms with van der Waals surface area (Å²) in [6, 6.07) is 0. The molecule has 2 heterocycles. The second-order valence-electron chi connectivity index (χ2n) is 12.4. The molecule has 0 spiro atoms. The summed E-state index contributed by atoms with van der Waals surface area (Å²) in [5.74, 6) is -2.15. The van der Waals surface area contributed by atoms with E-state index in [4.69, 9.17) is 14.2 Å². The van der Waals surface area contributed by atoms with Crippen molar-refractivity contribution in [2.45, 2.75) is 122 Å². The van der Waals surface area contributed by atoms with Crippen LogP contribution in [0.2, 0.25) is 0 Å². The Labute approximate surface area is 244 Å². The van der Waals surface area contributed by atoms with E-state index >= 15 is 0 Å². The minimum Gasteiger partial charge on any atom is -0.373 e. The highest BCUT2D eigenvalue weighted by molar-refractivity contribution is 5.91. The number of ether oxygens (including phenoxy) is 3. The van der Waals surface area contributed by atoms with Crippen LogP contribution in [0.4, 0.5) is 13.2 Å². The van der Waals surface area contributed by atoms with Crippen LogP contribution in [0.25, 0.3) is 6.08 Å². The number of aromatic amines is 1. The van der Waals surface area contributed by atoms with Crippen LogP contribution in [0.1, 0.15) is 98.3 Å². The van der Waals surface area contributed by atoms with Gasteiger partial charge >= 0.3 is 11.9 Å². The van der Waals surface area contributed by atoms with Gasteiger partial charge in [-0.3, -0.25) is 23.9 Å². The molecule has 1 amide bonds. The average molecular weight is 604 g/mol. The van der Waals surface area contributed by atoms with Gasteiger partial charge in [0.25, 0.3) is 5.56 Å². The van der Waals surface area contributed by atoms with Crippen molar-refractivity contribution < 1.29 is 37.0 Å². The van der Waals surface area contributed by atoms with Crippen molar-refractivity contribution >= 4 is 17.8 Å². The molecular formula is C29H44F3N3O7. The van der Waals surface area contributed by atoms with E-state index in [1.54, 1.807) is 0 Å². The Bertz CT molecular complexity index is 1190. The van der Waals surface area contributed by atoms with Crippen LogP contribution >= 0.6 is 0 Å². The number of aromatic nitrogens is 2. The number of alkyl halides is 3. The van der Waals surface area contributed by atoms with E-state index in [0.717, 1.165) is 0 Å². The number of carbonyl (C=O) groups is 2. The van der Waals surface area contributed by atoms with Crippen molar-refractivity contribution in [2.75, 3.05) is 13.2 Å². The fraction of sp³-hybridized carbons (Fsp3) is 0.724. The molecule has 10 nitrogen and oxygen atoms in total. The standard InChI is InChI=1S/C29H44F3N3O7/c1-27(2,3)40-18-21-20(42-28(4,5)6)16-24(41-21)35-17-19(25(38)34-26(35)39)13-14-23(37)33-15-11-9-7-8-10-12-22(36)29(30,31)32/h13-14,17,20-21,24H,7-12,15-16,18H2,1-6H3,(H,33,37)(H,34,38,39)/b14-13+/t20?,21-,24-/m1/s1. The van der Waals surface area contributed by atoms with E-state index in [1.807, 2.05) is 41.5 Å². The van der Waals surface area contributed by atoms with Crippen molar-refractivity contribution in [1.29, 1.82) is 0 Å². The number of nitrogens with one attached hydrogen (secondary N) is 2. The highest BCUT2D eigenvalue weighted by Crippen LogP contribution is 2.33.